The SMILES string of the molecule is CNC(C)CNC(=O)COc1ccc(F)cc1. The molecule has 2 N–H and O–H groups in total. The van der Waals surface area contributed by atoms with E-state index >= 15 is 0 Å². The largest absolute Gasteiger partial charge is 0.484 e. The molecule has 4 nitrogen and oxygen atoms in total. The summed E-state index contributed by atoms with van der Waals surface area (Å²) in [5, 5.41) is 5.72. The zero-order valence-electron chi connectivity index (χ0n) is 10.00. The standard InChI is InChI=1S/C12H17FN2O2/c1-9(14-2)7-15-12(16)8-17-11-5-3-10(13)4-6-11/h3-6,9,14H,7-8H2,1-2H3,(H,15,16). The normalized spacial score (nSPS) is 11.9. The van der Waals surface area contributed by atoms with Crippen LogP contribution in [-0.2, 0) is 4.79 Å². The summed E-state index contributed by atoms with van der Waals surface area (Å²) in [5.74, 6) is -0.0516. The minimum atomic E-state index is -0.329. The molecule has 1 aromatic rings. The van der Waals surface area contributed by atoms with Gasteiger partial charge in [-0.1, -0.05) is 0 Å². The number of carbonyl (C=O) groups excluding carboxylic acids is 1. The molecule has 0 saturated heterocycles. The van der Waals surface area contributed by atoms with Crippen LogP contribution in [0.2, 0.25) is 0 Å². The van der Waals surface area contributed by atoms with E-state index in [4.69, 9.17) is 4.74 Å². The molecule has 1 rings (SSSR count). The van der Waals surface area contributed by atoms with Crippen LogP contribution in [0.3, 0.4) is 0 Å². The molecule has 0 radical (unpaired) electrons. The second-order valence-corrected chi connectivity index (χ2v) is 3.74. The predicted molar refractivity (Wildman–Crippen MR) is 63.4 cm³/mol. The molecule has 17 heavy (non-hydrogen) atoms. The number of halogens is 1. The number of benzene rings is 1. The van der Waals surface area contributed by atoms with Crippen molar-refractivity contribution in [2.45, 2.75) is 13.0 Å². The summed E-state index contributed by atoms with van der Waals surface area (Å²) >= 11 is 0. The second kappa shape index (κ2) is 6.85. The van der Waals surface area contributed by atoms with Crippen molar-refractivity contribution < 1.29 is 13.9 Å². The third-order valence-corrected chi connectivity index (χ3v) is 2.28. The van der Waals surface area contributed by atoms with Gasteiger partial charge >= 0.3 is 0 Å². The molecule has 0 heterocycles. The Hall–Kier alpha value is -1.62. The molecule has 0 aliphatic heterocycles. The highest BCUT2D eigenvalue weighted by Gasteiger charge is 2.04. The summed E-state index contributed by atoms with van der Waals surface area (Å²) < 4.78 is 17.8. The van der Waals surface area contributed by atoms with Crippen molar-refractivity contribution in [2.75, 3.05) is 20.2 Å². The molecule has 5 heteroatoms. The lowest BCUT2D eigenvalue weighted by molar-refractivity contribution is -0.123. The van der Waals surface area contributed by atoms with E-state index in [9.17, 15) is 9.18 Å². The number of rotatable bonds is 6. The van der Waals surface area contributed by atoms with Crippen LogP contribution in [0.15, 0.2) is 24.3 Å². The maximum atomic E-state index is 12.6. The third kappa shape index (κ3) is 5.31. The molecular weight excluding hydrogens is 223 g/mol. The van der Waals surface area contributed by atoms with E-state index in [1.54, 1.807) is 0 Å². The van der Waals surface area contributed by atoms with Gasteiger partial charge in [0.2, 0.25) is 0 Å². The van der Waals surface area contributed by atoms with Crippen molar-refractivity contribution in [3.63, 3.8) is 0 Å². The number of hydrogen-bond donors (Lipinski definition) is 2. The number of hydrogen-bond acceptors (Lipinski definition) is 3. The lowest BCUT2D eigenvalue weighted by atomic mass is 10.3. The van der Waals surface area contributed by atoms with E-state index in [0.29, 0.717) is 12.3 Å². The smallest absolute Gasteiger partial charge is 0.257 e. The molecule has 1 amide bonds. The van der Waals surface area contributed by atoms with Gasteiger partial charge < -0.3 is 15.4 Å². The maximum Gasteiger partial charge on any atom is 0.257 e. The zero-order chi connectivity index (χ0) is 12.7. The third-order valence-electron chi connectivity index (χ3n) is 2.28. The first kappa shape index (κ1) is 13.4. The van der Waals surface area contributed by atoms with Gasteiger partial charge in [0, 0.05) is 12.6 Å². The highest BCUT2D eigenvalue weighted by atomic mass is 19.1. The van der Waals surface area contributed by atoms with Crippen LogP contribution in [0.4, 0.5) is 4.39 Å². The molecule has 1 atom stereocenters. The van der Waals surface area contributed by atoms with Gasteiger partial charge in [-0.15, -0.1) is 0 Å². The number of ether oxygens (including phenoxy) is 1. The van der Waals surface area contributed by atoms with Crippen molar-refractivity contribution in [1.82, 2.24) is 10.6 Å². The molecular formula is C12H17FN2O2. The summed E-state index contributed by atoms with van der Waals surface area (Å²) in [7, 11) is 1.83. The van der Waals surface area contributed by atoms with E-state index in [2.05, 4.69) is 10.6 Å². The molecule has 0 aliphatic rings. The van der Waals surface area contributed by atoms with Gasteiger partial charge in [-0.2, -0.15) is 0 Å². The maximum absolute atomic E-state index is 12.6. The molecule has 0 fully saturated rings. The van der Waals surface area contributed by atoms with Gasteiger partial charge in [0.05, 0.1) is 0 Å². The van der Waals surface area contributed by atoms with Gasteiger partial charge in [0.15, 0.2) is 6.61 Å². The molecule has 0 bridgehead atoms. The summed E-state index contributed by atoms with van der Waals surface area (Å²) in [5.41, 5.74) is 0. The van der Waals surface area contributed by atoms with E-state index in [1.807, 2.05) is 14.0 Å². The highest BCUT2D eigenvalue weighted by molar-refractivity contribution is 5.77. The first-order chi connectivity index (χ1) is 8.11. The lowest BCUT2D eigenvalue weighted by Gasteiger charge is -2.11. The summed E-state index contributed by atoms with van der Waals surface area (Å²) in [4.78, 5) is 11.4. The Morgan fingerprint density at radius 3 is 2.65 bits per heavy atom. The Morgan fingerprint density at radius 1 is 1.41 bits per heavy atom. The van der Waals surface area contributed by atoms with Crippen molar-refractivity contribution >= 4 is 5.91 Å². The van der Waals surface area contributed by atoms with Crippen molar-refractivity contribution in [3.05, 3.63) is 30.1 Å². The van der Waals surface area contributed by atoms with Crippen LogP contribution in [-0.4, -0.2) is 32.1 Å². The fraction of sp³-hybridized carbons (Fsp3) is 0.417. The van der Waals surface area contributed by atoms with E-state index < -0.39 is 0 Å². The van der Waals surface area contributed by atoms with Crippen LogP contribution in [0, 0.1) is 5.82 Å². The Balaban J connectivity index is 2.26. The number of amides is 1. The molecule has 1 unspecified atom stereocenters. The fourth-order valence-corrected chi connectivity index (χ4v) is 1.10. The molecule has 0 aliphatic carbocycles. The number of nitrogens with one attached hydrogen (secondary N) is 2. The minimum absolute atomic E-state index is 0.0674. The van der Waals surface area contributed by atoms with Crippen LogP contribution >= 0.6 is 0 Å². The monoisotopic (exact) mass is 240 g/mol. The Kier molecular flexibility index (Phi) is 5.42. The second-order valence-electron chi connectivity index (χ2n) is 3.74. The van der Waals surface area contributed by atoms with E-state index in [0.717, 1.165) is 0 Å². The first-order valence-corrected chi connectivity index (χ1v) is 5.44. The van der Waals surface area contributed by atoms with Gasteiger partial charge in [0.1, 0.15) is 11.6 Å². The Bertz CT molecular complexity index is 354. The molecule has 94 valence electrons. The molecule has 1 aromatic carbocycles. The summed E-state index contributed by atoms with van der Waals surface area (Å²) in [6.45, 7) is 2.44. The molecule has 0 aromatic heterocycles. The van der Waals surface area contributed by atoms with Crippen molar-refractivity contribution in [1.29, 1.82) is 0 Å². The van der Waals surface area contributed by atoms with Crippen LogP contribution in [0.5, 0.6) is 5.75 Å². The summed E-state index contributed by atoms with van der Waals surface area (Å²) in [6, 6.07) is 5.76. The van der Waals surface area contributed by atoms with Gasteiger partial charge in [-0.05, 0) is 38.2 Å². The Labute approximate surface area is 100 Å². The zero-order valence-corrected chi connectivity index (χ0v) is 10.00. The first-order valence-electron chi connectivity index (χ1n) is 5.44. The van der Waals surface area contributed by atoms with Gasteiger partial charge in [0.25, 0.3) is 5.91 Å². The van der Waals surface area contributed by atoms with Crippen LogP contribution in [0.25, 0.3) is 0 Å². The van der Waals surface area contributed by atoms with Crippen LogP contribution in [0.1, 0.15) is 6.92 Å². The highest BCUT2D eigenvalue weighted by Crippen LogP contribution is 2.10. The summed E-state index contributed by atoms with van der Waals surface area (Å²) in [6.07, 6.45) is 0. The Morgan fingerprint density at radius 2 is 2.06 bits per heavy atom. The average molecular weight is 240 g/mol. The van der Waals surface area contributed by atoms with Crippen LogP contribution < -0.4 is 15.4 Å². The lowest BCUT2D eigenvalue weighted by Crippen LogP contribution is -2.39. The fourth-order valence-electron chi connectivity index (χ4n) is 1.10. The topological polar surface area (TPSA) is 50.4 Å². The predicted octanol–water partition coefficient (Wildman–Crippen LogP) is 0.929. The quantitative estimate of drug-likeness (QED) is 0.777. The van der Waals surface area contributed by atoms with Crippen molar-refractivity contribution in [3.8, 4) is 5.75 Å². The molecule has 0 saturated carbocycles. The van der Waals surface area contributed by atoms with Gasteiger partial charge in [-0.3, -0.25) is 4.79 Å². The van der Waals surface area contributed by atoms with E-state index in [-0.39, 0.29) is 24.4 Å². The number of carbonyl (C=O) groups is 1. The average Bonchev–Trinajstić information content (AvgIpc) is 2.35. The van der Waals surface area contributed by atoms with E-state index in [1.165, 1.54) is 24.3 Å². The number of likely N-dealkylation sites (N-methyl/N-ethyl adjacent to an activating group) is 1. The molecule has 0 spiro atoms. The van der Waals surface area contributed by atoms with Crippen molar-refractivity contribution in [2.24, 2.45) is 0 Å². The minimum Gasteiger partial charge on any atom is -0.484 e. The van der Waals surface area contributed by atoms with Gasteiger partial charge in [-0.25, -0.2) is 4.39 Å².